The lowest BCUT2D eigenvalue weighted by Crippen LogP contribution is -2.37. The van der Waals surface area contributed by atoms with E-state index in [-0.39, 0.29) is 11.3 Å². The third-order valence-electron chi connectivity index (χ3n) is 3.24. The van der Waals surface area contributed by atoms with Gasteiger partial charge in [0.1, 0.15) is 11.0 Å². The Morgan fingerprint density at radius 1 is 1.58 bits per heavy atom. The molecule has 1 saturated heterocycles. The van der Waals surface area contributed by atoms with E-state index in [4.69, 9.17) is 5.11 Å². The van der Waals surface area contributed by atoms with Gasteiger partial charge in [0.25, 0.3) is 0 Å². The average Bonchev–Trinajstić information content (AvgIpc) is 2.87. The fourth-order valence-electron chi connectivity index (χ4n) is 2.06. The Morgan fingerprint density at radius 2 is 2.26 bits per heavy atom. The number of carboxylic acid groups (broad SMARTS) is 1. The van der Waals surface area contributed by atoms with Gasteiger partial charge < -0.3 is 10.0 Å². The lowest BCUT2D eigenvalue weighted by Gasteiger charge is -2.20. The van der Waals surface area contributed by atoms with E-state index < -0.39 is 12.0 Å². The van der Waals surface area contributed by atoms with E-state index in [0.29, 0.717) is 19.4 Å². The summed E-state index contributed by atoms with van der Waals surface area (Å²) >= 11 is 1.48. The summed E-state index contributed by atoms with van der Waals surface area (Å²) in [5.41, 5.74) is 0.946. The molecule has 0 saturated carbocycles. The molecular formula is C13H18N2O3S. The zero-order valence-corrected chi connectivity index (χ0v) is 12.2. The number of rotatable bonds is 3. The molecule has 0 bridgehead atoms. The van der Waals surface area contributed by atoms with Crippen molar-refractivity contribution in [2.75, 3.05) is 0 Å². The topological polar surface area (TPSA) is 70.5 Å². The van der Waals surface area contributed by atoms with Crippen LogP contribution in [0.25, 0.3) is 0 Å². The highest BCUT2D eigenvalue weighted by Crippen LogP contribution is 2.27. The maximum atomic E-state index is 11.7. The van der Waals surface area contributed by atoms with Crippen molar-refractivity contribution in [2.24, 2.45) is 0 Å². The molecule has 0 spiro atoms. The van der Waals surface area contributed by atoms with E-state index in [9.17, 15) is 9.59 Å². The molecule has 1 N–H and O–H groups in total. The molecule has 1 unspecified atom stereocenters. The number of carbonyl (C=O) groups excluding carboxylic acids is 1. The van der Waals surface area contributed by atoms with E-state index >= 15 is 0 Å². The first-order valence-corrected chi connectivity index (χ1v) is 7.14. The van der Waals surface area contributed by atoms with E-state index in [0.717, 1.165) is 10.7 Å². The van der Waals surface area contributed by atoms with Crippen LogP contribution in [0.3, 0.4) is 0 Å². The van der Waals surface area contributed by atoms with Gasteiger partial charge in [0, 0.05) is 17.2 Å². The predicted octanol–water partition coefficient (Wildman–Crippen LogP) is 2.02. The minimum Gasteiger partial charge on any atom is -0.480 e. The number of carboxylic acids is 1. The summed E-state index contributed by atoms with van der Waals surface area (Å²) in [5.74, 6) is -1.03. The Hall–Kier alpha value is -1.43. The van der Waals surface area contributed by atoms with E-state index in [1.807, 2.05) is 5.38 Å². The lowest BCUT2D eigenvalue weighted by molar-refractivity contribution is -0.146. The second-order valence-electron chi connectivity index (χ2n) is 5.79. The molecule has 104 valence electrons. The van der Waals surface area contributed by atoms with Gasteiger partial charge >= 0.3 is 5.97 Å². The van der Waals surface area contributed by atoms with Crippen molar-refractivity contribution >= 4 is 23.2 Å². The summed E-state index contributed by atoms with van der Waals surface area (Å²) in [4.78, 5) is 28.8. The van der Waals surface area contributed by atoms with Gasteiger partial charge in [-0.25, -0.2) is 9.78 Å². The van der Waals surface area contributed by atoms with Crippen molar-refractivity contribution in [1.29, 1.82) is 0 Å². The molecule has 1 aliphatic heterocycles. The fraction of sp³-hybridized carbons (Fsp3) is 0.615. The normalized spacial score (nSPS) is 20.1. The van der Waals surface area contributed by atoms with Crippen LogP contribution in [-0.2, 0) is 21.5 Å². The van der Waals surface area contributed by atoms with Crippen LogP contribution in [0.4, 0.5) is 0 Å². The van der Waals surface area contributed by atoms with Crippen molar-refractivity contribution in [3.05, 3.63) is 16.1 Å². The molecule has 1 fully saturated rings. The van der Waals surface area contributed by atoms with Crippen molar-refractivity contribution < 1.29 is 14.7 Å². The minimum atomic E-state index is -0.932. The molecule has 1 aromatic rings. The largest absolute Gasteiger partial charge is 0.480 e. The van der Waals surface area contributed by atoms with Gasteiger partial charge in [-0.2, -0.15) is 0 Å². The Bertz CT molecular complexity index is 504. The second-order valence-corrected chi connectivity index (χ2v) is 6.73. The highest BCUT2D eigenvalue weighted by Gasteiger charge is 2.36. The molecule has 1 aromatic heterocycles. The van der Waals surface area contributed by atoms with Crippen molar-refractivity contribution in [2.45, 2.75) is 51.6 Å². The molecule has 0 aromatic carbocycles. The highest BCUT2D eigenvalue weighted by atomic mass is 32.1. The molecule has 0 radical (unpaired) electrons. The summed E-state index contributed by atoms with van der Waals surface area (Å²) in [6.07, 6.45) is 0.708. The highest BCUT2D eigenvalue weighted by molar-refractivity contribution is 7.09. The van der Waals surface area contributed by atoms with Gasteiger partial charge in [-0.05, 0) is 6.42 Å². The van der Waals surface area contributed by atoms with Gasteiger partial charge in [-0.3, -0.25) is 4.79 Å². The molecule has 1 amide bonds. The standard InChI is InChI=1S/C13H18N2O3S/c1-13(2,3)9-7-19-10(14-9)6-15-8(12(17)18)4-5-11(15)16/h7-8H,4-6H2,1-3H3,(H,17,18). The molecular weight excluding hydrogens is 264 g/mol. The molecule has 0 aliphatic carbocycles. The summed E-state index contributed by atoms with van der Waals surface area (Å²) in [7, 11) is 0. The number of likely N-dealkylation sites (tertiary alicyclic amines) is 1. The Morgan fingerprint density at radius 3 is 2.79 bits per heavy atom. The van der Waals surface area contributed by atoms with Crippen LogP contribution in [-0.4, -0.2) is 32.9 Å². The molecule has 5 nitrogen and oxygen atoms in total. The first-order valence-electron chi connectivity index (χ1n) is 6.26. The van der Waals surface area contributed by atoms with Crippen LogP contribution in [0.2, 0.25) is 0 Å². The van der Waals surface area contributed by atoms with Crippen molar-refractivity contribution in [3.8, 4) is 0 Å². The van der Waals surface area contributed by atoms with E-state index in [2.05, 4.69) is 25.8 Å². The molecule has 6 heteroatoms. The Labute approximate surface area is 116 Å². The quantitative estimate of drug-likeness (QED) is 0.920. The first kappa shape index (κ1) is 14.0. The number of carbonyl (C=O) groups is 2. The number of hydrogen-bond acceptors (Lipinski definition) is 4. The minimum absolute atomic E-state index is 0.0318. The first-order chi connectivity index (χ1) is 8.79. The summed E-state index contributed by atoms with van der Waals surface area (Å²) in [6, 6.07) is -0.700. The third kappa shape index (κ3) is 2.94. The van der Waals surface area contributed by atoms with Gasteiger partial charge in [-0.1, -0.05) is 20.8 Å². The number of thiazole rings is 1. The zero-order valence-electron chi connectivity index (χ0n) is 11.3. The summed E-state index contributed by atoms with van der Waals surface area (Å²) < 4.78 is 0. The van der Waals surface area contributed by atoms with Gasteiger partial charge in [0.15, 0.2) is 0 Å². The predicted molar refractivity (Wildman–Crippen MR) is 72.0 cm³/mol. The fourth-order valence-corrected chi connectivity index (χ4v) is 3.08. The molecule has 2 rings (SSSR count). The van der Waals surface area contributed by atoms with E-state index in [1.165, 1.54) is 16.2 Å². The van der Waals surface area contributed by atoms with Crippen LogP contribution < -0.4 is 0 Å². The van der Waals surface area contributed by atoms with Crippen LogP contribution in [0, 0.1) is 0 Å². The number of hydrogen-bond donors (Lipinski definition) is 1. The molecule has 19 heavy (non-hydrogen) atoms. The van der Waals surface area contributed by atoms with Crippen molar-refractivity contribution in [3.63, 3.8) is 0 Å². The molecule has 2 heterocycles. The van der Waals surface area contributed by atoms with Crippen LogP contribution in [0.1, 0.15) is 44.3 Å². The number of aliphatic carboxylic acids is 1. The summed E-state index contributed by atoms with van der Waals surface area (Å²) in [6.45, 7) is 6.53. The molecule has 1 aliphatic rings. The van der Waals surface area contributed by atoms with Crippen LogP contribution in [0.15, 0.2) is 5.38 Å². The number of nitrogens with zero attached hydrogens (tertiary/aromatic N) is 2. The number of amides is 1. The van der Waals surface area contributed by atoms with Gasteiger partial charge in [-0.15, -0.1) is 11.3 Å². The smallest absolute Gasteiger partial charge is 0.326 e. The monoisotopic (exact) mass is 282 g/mol. The maximum Gasteiger partial charge on any atom is 0.326 e. The van der Waals surface area contributed by atoms with Crippen molar-refractivity contribution in [1.82, 2.24) is 9.88 Å². The molecule has 1 atom stereocenters. The van der Waals surface area contributed by atoms with E-state index in [1.54, 1.807) is 0 Å². The zero-order chi connectivity index (χ0) is 14.2. The van der Waals surface area contributed by atoms with Gasteiger partial charge in [0.05, 0.1) is 12.2 Å². The third-order valence-corrected chi connectivity index (χ3v) is 4.07. The Balaban J connectivity index is 2.14. The maximum absolute atomic E-state index is 11.7. The lowest BCUT2D eigenvalue weighted by atomic mass is 9.93. The van der Waals surface area contributed by atoms with Crippen LogP contribution >= 0.6 is 11.3 Å². The second kappa shape index (κ2) is 4.92. The Kier molecular flexibility index (Phi) is 3.62. The number of aromatic nitrogens is 1. The van der Waals surface area contributed by atoms with Gasteiger partial charge in [0.2, 0.25) is 5.91 Å². The average molecular weight is 282 g/mol. The summed E-state index contributed by atoms with van der Waals surface area (Å²) in [5, 5.41) is 11.9. The van der Waals surface area contributed by atoms with Crippen LogP contribution in [0.5, 0.6) is 0 Å². The SMILES string of the molecule is CC(C)(C)c1csc(CN2C(=O)CCC2C(=O)O)n1.